The van der Waals surface area contributed by atoms with Crippen molar-refractivity contribution in [3.63, 3.8) is 0 Å². The SMILES string of the molecule is Cc1c(F)cccc1S(=O)(=O)N1CCNCC1c1nccn1C.Cl. The number of hydrogen-bond donors (Lipinski definition) is 1. The van der Waals surface area contributed by atoms with Crippen molar-refractivity contribution in [3.05, 3.63) is 47.8 Å². The second kappa shape index (κ2) is 7.18. The normalized spacial score (nSPS) is 19.0. The maximum absolute atomic E-state index is 13.8. The number of rotatable bonds is 3. The molecule has 1 aromatic heterocycles. The van der Waals surface area contributed by atoms with Gasteiger partial charge in [0.2, 0.25) is 10.0 Å². The Hall–Kier alpha value is -1.48. The summed E-state index contributed by atoms with van der Waals surface area (Å²) >= 11 is 0. The molecular weight excluding hydrogens is 355 g/mol. The molecule has 0 saturated carbocycles. The quantitative estimate of drug-likeness (QED) is 0.886. The highest BCUT2D eigenvalue weighted by atomic mass is 35.5. The van der Waals surface area contributed by atoms with E-state index in [0.717, 1.165) is 0 Å². The van der Waals surface area contributed by atoms with Crippen molar-refractivity contribution >= 4 is 22.4 Å². The Labute approximate surface area is 147 Å². The molecule has 1 unspecified atom stereocenters. The molecule has 1 aliphatic rings. The fourth-order valence-electron chi connectivity index (χ4n) is 2.89. The number of imidazole rings is 1. The molecule has 132 valence electrons. The van der Waals surface area contributed by atoms with E-state index < -0.39 is 21.9 Å². The van der Waals surface area contributed by atoms with Gasteiger partial charge in [-0.3, -0.25) is 0 Å². The third-order valence-corrected chi connectivity index (χ3v) is 6.21. The summed E-state index contributed by atoms with van der Waals surface area (Å²) in [7, 11) is -1.98. The Morgan fingerprint density at radius 2 is 2.12 bits per heavy atom. The van der Waals surface area contributed by atoms with Gasteiger partial charge >= 0.3 is 0 Å². The van der Waals surface area contributed by atoms with Gasteiger partial charge in [-0.15, -0.1) is 12.4 Å². The molecule has 6 nitrogen and oxygen atoms in total. The number of nitrogens with zero attached hydrogens (tertiary/aromatic N) is 3. The highest BCUT2D eigenvalue weighted by Crippen LogP contribution is 2.29. The lowest BCUT2D eigenvalue weighted by molar-refractivity contribution is 0.258. The van der Waals surface area contributed by atoms with Crippen LogP contribution in [-0.4, -0.2) is 41.9 Å². The Morgan fingerprint density at radius 1 is 1.38 bits per heavy atom. The third-order valence-electron chi connectivity index (χ3n) is 4.16. The van der Waals surface area contributed by atoms with Crippen LogP contribution in [0.15, 0.2) is 35.5 Å². The summed E-state index contributed by atoms with van der Waals surface area (Å²) in [6.45, 7) is 2.82. The van der Waals surface area contributed by atoms with E-state index in [2.05, 4.69) is 10.3 Å². The van der Waals surface area contributed by atoms with Crippen LogP contribution < -0.4 is 5.32 Å². The van der Waals surface area contributed by atoms with E-state index in [4.69, 9.17) is 0 Å². The topological polar surface area (TPSA) is 67.2 Å². The van der Waals surface area contributed by atoms with Gasteiger partial charge in [0.25, 0.3) is 0 Å². The van der Waals surface area contributed by atoms with E-state index in [1.807, 2.05) is 7.05 Å². The van der Waals surface area contributed by atoms with Crippen molar-refractivity contribution in [2.24, 2.45) is 7.05 Å². The van der Waals surface area contributed by atoms with Crippen molar-refractivity contribution in [3.8, 4) is 0 Å². The number of aryl methyl sites for hydroxylation is 1. The lowest BCUT2D eigenvalue weighted by Crippen LogP contribution is -2.49. The number of nitrogens with one attached hydrogen (secondary N) is 1. The van der Waals surface area contributed by atoms with Crippen LogP contribution in [0, 0.1) is 12.7 Å². The van der Waals surface area contributed by atoms with E-state index >= 15 is 0 Å². The van der Waals surface area contributed by atoms with E-state index in [-0.39, 0.29) is 22.9 Å². The average molecular weight is 375 g/mol. The first kappa shape index (κ1) is 18.9. The zero-order chi connectivity index (χ0) is 16.6. The molecule has 1 atom stereocenters. The van der Waals surface area contributed by atoms with Gasteiger partial charge in [-0.25, -0.2) is 17.8 Å². The van der Waals surface area contributed by atoms with Crippen LogP contribution in [0.2, 0.25) is 0 Å². The Bertz CT molecular complexity index is 825. The fraction of sp³-hybridized carbons (Fsp3) is 0.400. The van der Waals surface area contributed by atoms with Gasteiger partial charge in [0.15, 0.2) is 0 Å². The minimum absolute atomic E-state index is 0. The highest BCUT2D eigenvalue weighted by molar-refractivity contribution is 7.89. The maximum atomic E-state index is 13.8. The van der Waals surface area contributed by atoms with Crippen molar-refractivity contribution in [2.45, 2.75) is 17.9 Å². The highest BCUT2D eigenvalue weighted by Gasteiger charge is 2.37. The largest absolute Gasteiger partial charge is 0.337 e. The molecule has 2 heterocycles. The molecule has 24 heavy (non-hydrogen) atoms. The first-order chi connectivity index (χ1) is 10.9. The molecule has 3 rings (SSSR count). The molecule has 0 spiro atoms. The molecule has 0 bridgehead atoms. The average Bonchev–Trinajstić information content (AvgIpc) is 2.96. The molecule has 0 aliphatic carbocycles. The maximum Gasteiger partial charge on any atom is 0.244 e. The van der Waals surface area contributed by atoms with Crippen LogP contribution in [0.5, 0.6) is 0 Å². The lowest BCUT2D eigenvalue weighted by atomic mass is 10.2. The van der Waals surface area contributed by atoms with Crippen molar-refractivity contribution in [1.29, 1.82) is 0 Å². The monoisotopic (exact) mass is 374 g/mol. The first-order valence-corrected chi connectivity index (χ1v) is 8.82. The van der Waals surface area contributed by atoms with Gasteiger partial charge in [-0.1, -0.05) is 6.07 Å². The summed E-state index contributed by atoms with van der Waals surface area (Å²) in [5.41, 5.74) is 0.143. The predicted octanol–water partition coefficient (Wildman–Crippen LogP) is 1.62. The van der Waals surface area contributed by atoms with Gasteiger partial charge in [0.1, 0.15) is 11.6 Å². The van der Waals surface area contributed by atoms with Crippen molar-refractivity contribution in [2.75, 3.05) is 19.6 Å². The van der Waals surface area contributed by atoms with Crippen LogP contribution in [0.1, 0.15) is 17.4 Å². The van der Waals surface area contributed by atoms with Gasteiger partial charge in [0, 0.05) is 44.6 Å². The fourth-order valence-corrected chi connectivity index (χ4v) is 4.71. The van der Waals surface area contributed by atoms with E-state index in [1.54, 1.807) is 17.0 Å². The second-order valence-electron chi connectivity index (χ2n) is 5.59. The van der Waals surface area contributed by atoms with Crippen LogP contribution in [0.3, 0.4) is 0 Å². The Morgan fingerprint density at radius 3 is 2.79 bits per heavy atom. The summed E-state index contributed by atoms with van der Waals surface area (Å²) in [6.07, 6.45) is 3.42. The standard InChI is InChI=1S/C15H19FN4O2S.ClH/c1-11-12(16)4-3-5-14(11)23(21,22)20-9-6-17-10-13(20)15-18-7-8-19(15)2;/h3-5,7-8,13,17H,6,9-10H2,1-2H3;1H. The summed E-state index contributed by atoms with van der Waals surface area (Å²) in [4.78, 5) is 4.29. The minimum atomic E-state index is -3.81. The van der Waals surface area contributed by atoms with Crippen LogP contribution in [0.4, 0.5) is 4.39 Å². The van der Waals surface area contributed by atoms with E-state index in [0.29, 0.717) is 25.5 Å². The number of benzene rings is 1. The molecule has 1 aromatic carbocycles. The molecule has 0 radical (unpaired) electrons. The van der Waals surface area contributed by atoms with Gasteiger partial charge in [-0.05, 0) is 19.1 Å². The van der Waals surface area contributed by atoms with Gasteiger partial charge < -0.3 is 9.88 Å². The van der Waals surface area contributed by atoms with Gasteiger partial charge in [0.05, 0.1) is 10.9 Å². The first-order valence-electron chi connectivity index (χ1n) is 7.38. The lowest BCUT2D eigenvalue weighted by Gasteiger charge is -2.35. The smallest absolute Gasteiger partial charge is 0.244 e. The summed E-state index contributed by atoms with van der Waals surface area (Å²) in [5.74, 6) is 0.143. The summed E-state index contributed by atoms with van der Waals surface area (Å²) < 4.78 is 43.2. The molecule has 9 heteroatoms. The van der Waals surface area contributed by atoms with Crippen LogP contribution in [-0.2, 0) is 17.1 Å². The molecule has 2 aromatic rings. The third kappa shape index (κ3) is 3.19. The minimum Gasteiger partial charge on any atom is -0.337 e. The number of sulfonamides is 1. The summed E-state index contributed by atoms with van der Waals surface area (Å²) in [5, 5.41) is 3.20. The predicted molar refractivity (Wildman–Crippen MR) is 91.1 cm³/mol. The van der Waals surface area contributed by atoms with E-state index in [9.17, 15) is 12.8 Å². The van der Waals surface area contributed by atoms with Crippen LogP contribution >= 0.6 is 12.4 Å². The second-order valence-corrected chi connectivity index (χ2v) is 7.45. The number of hydrogen-bond acceptors (Lipinski definition) is 4. The Balaban J connectivity index is 0.00000208. The zero-order valence-corrected chi connectivity index (χ0v) is 15.1. The molecule has 0 amide bonds. The Kier molecular flexibility index (Phi) is 5.64. The molecule has 1 saturated heterocycles. The van der Waals surface area contributed by atoms with Crippen molar-refractivity contribution < 1.29 is 12.8 Å². The number of piperazine rings is 1. The summed E-state index contributed by atoms with van der Waals surface area (Å²) in [6, 6.07) is 3.72. The van der Waals surface area contributed by atoms with Gasteiger partial charge in [-0.2, -0.15) is 4.31 Å². The molecule has 1 fully saturated rings. The number of halogens is 2. The van der Waals surface area contributed by atoms with Crippen LogP contribution in [0.25, 0.3) is 0 Å². The number of aromatic nitrogens is 2. The molecule has 1 aliphatic heterocycles. The molecule has 1 N–H and O–H groups in total. The molecular formula is C15H20ClFN4O2S. The zero-order valence-electron chi connectivity index (χ0n) is 13.4. The van der Waals surface area contributed by atoms with Crippen molar-refractivity contribution in [1.82, 2.24) is 19.2 Å². The van der Waals surface area contributed by atoms with E-state index in [1.165, 1.54) is 29.4 Å².